The summed E-state index contributed by atoms with van der Waals surface area (Å²) in [6, 6.07) is 3.98. The van der Waals surface area contributed by atoms with Crippen LogP contribution in [0.1, 0.15) is 52.1 Å². The first kappa shape index (κ1) is 15.0. The third-order valence-electron chi connectivity index (χ3n) is 3.24. The number of aromatic nitrogens is 1. The maximum absolute atomic E-state index is 5.70. The second-order valence-electron chi connectivity index (χ2n) is 5.70. The Morgan fingerprint density at radius 2 is 1.89 bits per heavy atom. The number of aryl methyl sites for hydroxylation is 1. The number of hydrogen-bond acceptors (Lipinski definition) is 2. The zero-order valence-electron chi connectivity index (χ0n) is 12.3. The Morgan fingerprint density at radius 1 is 1.11 bits per heavy atom. The summed E-state index contributed by atoms with van der Waals surface area (Å²) in [7, 11) is 0. The first-order chi connectivity index (χ1) is 8.58. The number of rotatable bonds is 8. The highest BCUT2D eigenvalue weighted by molar-refractivity contribution is 5.18. The van der Waals surface area contributed by atoms with Crippen molar-refractivity contribution in [1.29, 1.82) is 0 Å². The van der Waals surface area contributed by atoms with E-state index in [-0.39, 0.29) is 0 Å². The van der Waals surface area contributed by atoms with Crippen LogP contribution in [0.5, 0.6) is 5.75 Å². The van der Waals surface area contributed by atoms with E-state index < -0.39 is 0 Å². The quantitative estimate of drug-likeness (QED) is 0.670. The number of hydrogen-bond donors (Lipinski definition) is 0. The third kappa shape index (κ3) is 6.63. The molecule has 0 unspecified atom stereocenters. The first-order valence-corrected chi connectivity index (χ1v) is 7.13. The lowest BCUT2D eigenvalue weighted by Crippen LogP contribution is -2.05. The normalized spacial score (nSPS) is 12.7. The lowest BCUT2D eigenvalue weighted by molar-refractivity contribution is 0.275. The molecule has 0 saturated heterocycles. The van der Waals surface area contributed by atoms with Gasteiger partial charge in [-0.3, -0.25) is 4.98 Å². The maximum atomic E-state index is 5.70. The first-order valence-electron chi connectivity index (χ1n) is 7.13. The van der Waals surface area contributed by atoms with Crippen LogP contribution in [0.2, 0.25) is 0 Å². The summed E-state index contributed by atoms with van der Waals surface area (Å²) in [5.74, 6) is 2.46. The molecule has 0 fully saturated rings. The second-order valence-corrected chi connectivity index (χ2v) is 5.70. The molecule has 1 heterocycles. The molecule has 1 rings (SSSR count). The number of ether oxygens (including phenoxy) is 1. The summed E-state index contributed by atoms with van der Waals surface area (Å²) in [5.41, 5.74) is 1.03. The van der Waals surface area contributed by atoms with Gasteiger partial charge in [0.2, 0.25) is 0 Å². The van der Waals surface area contributed by atoms with Crippen LogP contribution in [-0.4, -0.2) is 11.6 Å². The summed E-state index contributed by atoms with van der Waals surface area (Å²) < 4.78 is 5.70. The van der Waals surface area contributed by atoms with Gasteiger partial charge in [-0.05, 0) is 37.3 Å². The van der Waals surface area contributed by atoms with E-state index in [2.05, 4.69) is 25.8 Å². The van der Waals surface area contributed by atoms with Crippen molar-refractivity contribution in [2.45, 2.75) is 53.4 Å². The van der Waals surface area contributed by atoms with Crippen LogP contribution in [0, 0.1) is 18.8 Å². The van der Waals surface area contributed by atoms with Crippen LogP contribution in [0.4, 0.5) is 0 Å². The molecule has 102 valence electrons. The van der Waals surface area contributed by atoms with Crippen molar-refractivity contribution in [1.82, 2.24) is 4.98 Å². The van der Waals surface area contributed by atoms with E-state index in [9.17, 15) is 0 Å². The van der Waals surface area contributed by atoms with E-state index in [0.29, 0.717) is 0 Å². The Hall–Kier alpha value is -1.05. The fraction of sp³-hybridized carbons (Fsp3) is 0.688. The highest BCUT2D eigenvalue weighted by Gasteiger charge is 2.04. The maximum Gasteiger partial charge on any atom is 0.137 e. The summed E-state index contributed by atoms with van der Waals surface area (Å²) >= 11 is 0. The van der Waals surface area contributed by atoms with E-state index in [4.69, 9.17) is 4.74 Å². The van der Waals surface area contributed by atoms with Gasteiger partial charge in [0.15, 0.2) is 0 Å². The van der Waals surface area contributed by atoms with Gasteiger partial charge in [0, 0.05) is 5.69 Å². The van der Waals surface area contributed by atoms with Crippen LogP contribution in [0.3, 0.4) is 0 Å². The molecule has 0 radical (unpaired) electrons. The Bertz CT molecular complexity index is 318. The van der Waals surface area contributed by atoms with Gasteiger partial charge in [0.05, 0.1) is 12.8 Å². The molecule has 0 saturated carbocycles. The van der Waals surface area contributed by atoms with Crippen LogP contribution in [0.15, 0.2) is 18.3 Å². The molecular formula is C16H27NO. The number of nitrogens with zero attached hydrogens (tertiary/aromatic N) is 1. The summed E-state index contributed by atoms with van der Waals surface area (Å²) in [6.07, 6.45) is 6.93. The van der Waals surface area contributed by atoms with Crippen molar-refractivity contribution in [2.24, 2.45) is 11.8 Å². The fourth-order valence-electron chi connectivity index (χ4n) is 1.94. The van der Waals surface area contributed by atoms with Crippen LogP contribution >= 0.6 is 0 Å². The van der Waals surface area contributed by atoms with Gasteiger partial charge >= 0.3 is 0 Å². The van der Waals surface area contributed by atoms with Gasteiger partial charge < -0.3 is 4.74 Å². The molecular weight excluding hydrogens is 222 g/mol. The highest BCUT2D eigenvalue weighted by atomic mass is 16.5. The zero-order valence-corrected chi connectivity index (χ0v) is 12.3. The van der Waals surface area contributed by atoms with Crippen molar-refractivity contribution in [3.05, 3.63) is 24.0 Å². The molecule has 2 heteroatoms. The minimum absolute atomic E-state index is 0.752. The summed E-state index contributed by atoms with van der Waals surface area (Å²) in [4.78, 5) is 4.22. The minimum Gasteiger partial charge on any atom is -0.492 e. The van der Waals surface area contributed by atoms with Gasteiger partial charge in [0.1, 0.15) is 5.75 Å². The standard InChI is InChI=1S/C16H27NO/c1-13(2)6-5-7-14(3)10-11-18-16-9-8-15(4)17-12-16/h8-9,12-14H,5-7,10-11H2,1-4H3/t14-/m0/s1. The van der Waals surface area contributed by atoms with Crippen LogP contribution in [-0.2, 0) is 0 Å². The second kappa shape index (κ2) is 8.12. The Morgan fingerprint density at radius 3 is 2.50 bits per heavy atom. The molecule has 0 spiro atoms. The van der Waals surface area contributed by atoms with Gasteiger partial charge in [0.25, 0.3) is 0 Å². The van der Waals surface area contributed by atoms with Gasteiger partial charge in [-0.25, -0.2) is 0 Å². The summed E-state index contributed by atoms with van der Waals surface area (Å²) in [5, 5.41) is 0. The number of pyridine rings is 1. The fourth-order valence-corrected chi connectivity index (χ4v) is 1.94. The van der Waals surface area contributed by atoms with Gasteiger partial charge in [-0.15, -0.1) is 0 Å². The molecule has 0 N–H and O–H groups in total. The smallest absolute Gasteiger partial charge is 0.137 e. The highest BCUT2D eigenvalue weighted by Crippen LogP contribution is 2.16. The lowest BCUT2D eigenvalue weighted by atomic mass is 9.98. The largest absolute Gasteiger partial charge is 0.492 e. The van der Waals surface area contributed by atoms with Crippen LogP contribution in [0.25, 0.3) is 0 Å². The molecule has 0 bridgehead atoms. The summed E-state index contributed by atoms with van der Waals surface area (Å²) in [6.45, 7) is 9.68. The predicted octanol–water partition coefficient (Wildman–Crippen LogP) is 4.62. The van der Waals surface area contributed by atoms with E-state index >= 15 is 0 Å². The van der Waals surface area contributed by atoms with Crippen molar-refractivity contribution in [3.63, 3.8) is 0 Å². The topological polar surface area (TPSA) is 22.1 Å². The molecule has 0 aliphatic carbocycles. The molecule has 1 aromatic heterocycles. The molecule has 18 heavy (non-hydrogen) atoms. The van der Waals surface area contributed by atoms with Crippen LogP contribution < -0.4 is 4.74 Å². The monoisotopic (exact) mass is 249 g/mol. The third-order valence-corrected chi connectivity index (χ3v) is 3.24. The Labute approximate surface area is 112 Å². The molecule has 0 amide bonds. The Kier molecular flexibility index (Phi) is 6.77. The molecule has 0 aliphatic rings. The SMILES string of the molecule is Cc1ccc(OCC[C@@H](C)CCCC(C)C)cn1. The van der Waals surface area contributed by atoms with Crippen molar-refractivity contribution in [3.8, 4) is 5.75 Å². The average molecular weight is 249 g/mol. The van der Waals surface area contributed by atoms with E-state index in [1.165, 1.54) is 19.3 Å². The zero-order chi connectivity index (χ0) is 13.4. The lowest BCUT2D eigenvalue weighted by Gasteiger charge is -2.13. The van der Waals surface area contributed by atoms with Crippen molar-refractivity contribution >= 4 is 0 Å². The van der Waals surface area contributed by atoms with Crippen molar-refractivity contribution < 1.29 is 4.74 Å². The molecule has 1 atom stereocenters. The molecule has 2 nitrogen and oxygen atoms in total. The van der Waals surface area contributed by atoms with Gasteiger partial charge in [-0.2, -0.15) is 0 Å². The van der Waals surface area contributed by atoms with E-state index in [1.54, 1.807) is 6.20 Å². The van der Waals surface area contributed by atoms with Crippen molar-refractivity contribution in [2.75, 3.05) is 6.61 Å². The Balaban J connectivity index is 2.11. The molecule has 1 aromatic rings. The van der Waals surface area contributed by atoms with Gasteiger partial charge in [-0.1, -0.05) is 40.0 Å². The van der Waals surface area contributed by atoms with E-state index in [0.717, 1.165) is 36.3 Å². The minimum atomic E-state index is 0.752. The van der Waals surface area contributed by atoms with E-state index in [1.807, 2.05) is 19.1 Å². The molecule has 0 aliphatic heterocycles. The molecule has 0 aromatic carbocycles. The predicted molar refractivity (Wildman–Crippen MR) is 76.9 cm³/mol. The average Bonchev–Trinajstić information content (AvgIpc) is 2.31.